The quantitative estimate of drug-likeness (QED) is 0.0682. The lowest BCUT2D eigenvalue weighted by Crippen LogP contribution is -2.28. The van der Waals surface area contributed by atoms with Crippen LogP contribution in [-0.2, 0) is 23.4 Å². The maximum Gasteiger partial charge on any atom is 0.329 e. The third kappa shape index (κ3) is 25.0. The molecular formula is C27H56NO6P. The third-order valence-electron chi connectivity index (χ3n) is 6.14. The fourth-order valence-corrected chi connectivity index (χ4v) is 4.90. The molecule has 210 valence electrons. The maximum atomic E-state index is 12.0. The van der Waals surface area contributed by atoms with Crippen LogP contribution >= 0.6 is 7.60 Å². The summed E-state index contributed by atoms with van der Waals surface area (Å²) in [6, 6.07) is 0. The summed E-state index contributed by atoms with van der Waals surface area (Å²) in [5, 5.41) is 2.82. The summed E-state index contributed by atoms with van der Waals surface area (Å²) >= 11 is 0. The molecule has 0 saturated carbocycles. The predicted octanol–water partition coefficient (Wildman–Crippen LogP) is 7.01. The zero-order valence-electron chi connectivity index (χ0n) is 23.1. The van der Waals surface area contributed by atoms with Crippen molar-refractivity contribution in [3.05, 3.63) is 0 Å². The standard InChI is InChI=1S/C27H56NO6P/c1-4-6-7-8-9-10-11-12-13-14-15-16-17-18-19-20-22-32-24-26(34-27(29)5-2)25-33-35(30,31)23-21-28-3/h26,28H,4-25H2,1-3H3,(H,30,31). The molecule has 0 heterocycles. The summed E-state index contributed by atoms with van der Waals surface area (Å²) < 4.78 is 28.1. The topological polar surface area (TPSA) is 94.1 Å². The van der Waals surface area contributed by atoms with Crippen LogP contribution in [0.5, 0.6) is 0 Å². The van der Waals surface area contributed by atoms with Gasteiger partial charge in [-0.25, -0.2) is 0 Å². The minimum Gasteiger partial charge on any atom is -0.457 e. The molecule has 0 aromatic rings. The number of hydrogen-bond acceptors (Lipinski definition) is 6. The van der Waals surface area contributed by atoms with Gasteiger partial charge in [0, 0.05) is 19.6 Å². The number of rotatable bonds is 27. The molecule has 0 amide bonds. The van der Waals surface area contributed by atoms with Crippen molar-refractivity contribution in [2.45, 2.75) is 129 Å². The summed E-state index contributed by atoms with van der Waals surface area (Å²) in [5.74, 6) is -0.368. The molecular weight excluding hydrogens is 465 g/mol. The Bertz CT molecular complexity index is 520. The second kappa shape index (κ2) is 25.2. The number of carbonyl (C=O) groups excluding carboxylic acids is 1. The maximum absolute atomic E-state index is 12.0. The highest BCUT2D eigenvalue weighted by atomic mass is 31.2. The lowest BCUT2D eigenvalue weighted by molar-refractivity contribution is -0.153. The molecule has 0 aromatic carbocycles. The molecule has 2 N–H and O–H groups in total. The molecule has 0 fully saturated rings. The summed E-state index contributed by atoms with van der Waals surface area (Å²) in [7, 11) is -2.00. The zero-order chi connectivity index (χ0) is 26.0. The highest BCUT2D eigenvalue weighted by Crippen LogP contribution is 2.41. The second-order valence-electron chi connectivity index (χ2n) is 9.60. The number of nitrogens with one attached hydrogen (secondary N) is 1. The van der Waals surface area contributed by atoms with Gasteiger partial charge in [0.15, 0.2) is 0 Å². The Balaban J connectivity index is 3.66. The molecule has 0 saturated heterocycles. The van der Waals surface area contributed by atoms with Crippen LogP contribution in [0.3, 0.4) is 0 Å². The Labute approximate surface area is 216 Å². The summed E-state index contributed by atoms with van der Waals surface area (Å²) in [4.78, 5) is 21.5. The van der Waals surface area contributed by atoms with Crippen molar-refractivity contribution in [2.75, 3.05) is 39.6 Å². The number of hydrogen-bond donors (Lipinski definition) is 2. The predicted molar refractivity (Wildman–Crippen MR) is 145 cm³/mol. The van der Waals surface area contributed by atoms with Gasteiger partial charge in [0.25, 0.3) is 0 Å². The fourth-order valence-electron chi connectivity index (χ4n) is 3.87. The summed E-state index contributed by atoms with van der Waals surface area (Å²) in [6.45, 7) is 4.99. The van der Waals surface area contributed by atoms with Crippen molar-refractivity contribution in [1.82, 2.24) is 5.32 Å². The van der Waals surface area contributed by atoms with Crippen LogP contribution in [0.4, 0.5) is 0 Å². The monoisotopic (exact) mass is 521 g/mol. The molecule has 35 heavy (non-hydrogen) atoms. The molecule has 0 aliphatic heterocycles. The van der Waals surface area contributed by atoms with Crippen molar-refractivity contribution >= 4 is 13.6 Å². The Hall–Kier alpha value is -0.460. The van der Waals surface area contributed by atoms with E-state index in [9.17, 15) is 14.3 Å². The van der Waals surface area contributed by atoms with Gasteiger partial charge >= 0.3 is 13.6 Å². The molecule has 2 atom stereocenters. The van der Waals surface area contributed by atoms with Crippen molar-refractivity contribution in [2.24, 2.45) is 0 Å². The first-order valence-corrected chi connectivity index (χ1v) is 16.1. The Morgan fingerprint density at radius 3 is 1.74 bits per heavy atom. The molecule has 2 unspecified atom stereocenters. The fraction of sp³-hybridized carbons (Fsp3) is 0.963. The summed E-state index contributed by atoms with van der Waals surface area (Å²) in [5.41, 5.74) is 0. The SMILES string of the molecule is CCCCCCCCCCCCCCCCCCOCC(COP(=O)(O)CCNC)OC(=O)CC. The van der Waals surface area contributed by atoms with E-state index in [4.69, 9.17) is 14.0 Å². The van der Waals surface area contributed by atoms with Crippen molar-refractivity contribution < 1.29 is 28.3 Å². The first-order valence-electron chi connectivity index (χ1n) is 14.3. The molecule has 0 aliphatic carbocycles. The first-order chi connectivity index (χ1) is 16.9. The van der Waals surface area contributed by atoms with E-state index >= 15 is 0 Å². The molecule has 0 aromatic heterocycles. The van der Waals surface area contributed by atoms with E-state index in [0.717, 1.165) is 12.8 Å². The normalized spacial score (nSPS) is 14.1. The van der Waals surface area contributed by atoms with Gasteiger partial charge in [-0.2, -0.15) is 0 Å². The number of esters is 1. The van der Waals surface area contributed by atoms with Gasteiger partial charge in [0.2, 0.25) is 0 Å². The van der Waals surface area contributed by atoms with Gasteiger partial charge < -0.3 is 24.2 Å². The molecule has 0 spiro atoms. The molecule has 0 rings (SSSR count). The van der Waals surface area contributed by atoms with E-state index in [1.807, 2.05) is 0 Å². The van der Waals surface area contributed by atoms with Crippen LogP contribution in [-0.4, -0.2) is 56.5 Å². The average molecular weight is 522 g/mol. The number of unbranched alkanes of at least 4 members (excludes halogenated alkanes) is 15. The first kappa shape index (κ1) is 34.5. The molecule has 8 heteroatoms. The molecule has 0 aliphatic rings. The minimum absolute atomic E-state index is 0.0119. The molecule has 0 bridgehead atoms. The van der Waals surface area contributed by atoms with Gasteiger partial charge in [-0.1, -0.05) is 110 Å². The molecule has 0 radical (unpaired) electrons. The average Bonchev–Trinajstić information content (AvgIpc) is 2.85. The van der Waals surface area contributed by atoms with E-state index in [2.05, 4.69) is 12.2 Å². The van der Waals surface area contributed by atoms with Gasteiger partial charge in [-0.05, 0) is 13.5 Å². The van der Waals surface area contributed by atoms with Gasteiger partial charge in [-0.3, -0.25) is 9.36 Å². The highest BCUT2D eigenvalue weighted by Gasteiger charge is 2.23. The van der Waals surface area contributed by atoms with E-state index < -0.39 is 13.7 Å². The van der Waals surface area contributed by atoms with Gasteiger partial charge in [-0.15, -0.1) is 0 Å². The summed E-state index contributed by atoms with van der Waals surface area (Å²) in [6.07, 6.45) is 20.8. The lowest BCUT2D eigenvalue weighted by atomic mass is 10.0. The van der Waals surface area contributed by atoms with E-state index in [1.54, 1.807) is 14.0 Å². The Morgan fingerprint density at radius 2 is 1.29 bits per heavy atom. The van der Waals surface area contributed by atoms with Crippen LogP contribution in [0.1, 0.15) is 123 Å². The third-order valence-corrected chi connectivity index (χ3v) is 7.48. The van der Waals surface area contributed by atoms with Crippen LogP contribution in [0.15, 0.2) is 0 Å². The largest absolute Gasteiger partial charge is 0.457 e. The minimum atomic E-state index is -3.70. The van der Waals surface area contributed by atoms with Crippen molar-refractivity contribution in [3.8, 4) is 0 Å². The van der Waals surface area contributed by atoms with Gasteiger partial charge in [0.05, 0.1) is 19.4 Å². The number of carbonyl (C=O) groups is 1. The van der Waals surface area contributed by atoms with Gasteiger partial charge in [0.1, 0.15) is 6.10 Å². The van der Waals surface area contributed by atoms with Crippen molar-refractivity contribution in [3.63, 3.8) is 0 Å². The smallest absolute Gasteiger partial charge is 0.329 e. The second-order valence-corrected chi connectivity index (χ2v) is 11.6. The highest BCUT2D eigenvalue weighted by molar-refractivity contribution is 7.52. The van der Waals surface area contributed by atoms with Crippen LogP contribution in [0, 0.1) is 0 Å². The zero-order valence-corrected chi connectivity index (χ0v) is 24.0. The van der Waals surface area contributed by atoms with E-state index in [0.29, 0.717) is 13.2 Å². The number of ether oxygens (including phenoxy) is 2. The lowest BCUT2D eigenvalue weighted by Gasteiger charge is -2.20. The van der Waals surface area contributed by atoms with E-state index in [-0.39, 0.29) is 31.8 Å². The molecule has 7 nitrogen and oxygen atoms in total. The van der Waals surface area contributed by atoms with Crippen molar-refractivity contribution in [1.29, 1.82) is 0 Å². The Kier molecular flexibility index (Phi) is 24.9. The van der Waals surface area contributed by atoms with Crippen LogP contribution < -0.4 is 5.32 Å². The van der Waals surface area contributed by atoms with Crippen LogP contribution in [0.2, 0.25) is 0 Å². The van der Waals surface area contributed by atoms with Crippen LogP contribution in [0.25, 0.3) is 0 Å². The van der Waals surface area contributed by atoms with E-state index in [1.165, 1.54) is 89.9 Å². The Morgan fingerprint density at radius 1 is 0.800 bits per heavy atom.